The van der Waals surface area contributed by atoms with Crippen molar-refractivity contribution in [2.45, 2.75) is 32.9 Å². The van der Waals surface area contributed by atoms with Gasteiger partial charge in [0.25, 0.3) is 0 Å². The summed E-state index contributed by atoms with van der Waals surface area (Å²) in [6.45, 7) is 8.71. The second kappa shape index (κ2) is 8.32. The average Bonchev–Trinajstić information content (AvgIpc) is 3.03. The summed E-state index contributed by atoms with van der Waals surface area (Å²) in [4.78, 5) is 33.2. The predicted octanol–water partition coefficient (Wildman–Crippen LogP) is 2.75. The average molecular weight is 412 g/mol. The van der Waals surface area contributed by atoms with Gasteiger partial charge in [0, 0.05) is 57.3 Å². The van der Waals surface area contributed by atoms with Crippen LogP contribution in [0.4, 0.5) is 0 Å². The maximum Gasteiger partial charge on any atom is 0.340 e. The molecule has 0 unspecified atom stereocenters. The standard InChI is InChI=1S/C23H29N3O4/c1-23(2)13-19(27)18(20(28)14-23)15-24-7-8-25-9-11-26(12-10-25)21-16-5-3-4-6-17(16)22(29)30-21/h3-6,15,21,27H,7-14H2,1-2H3/t21-/m1/s1. The number of aliphatic hydroxyl groups excluding tert-OH is 1. The summed E-state index contributed by atoms with van der Waals surface area (Å²) in [5.74, 6) is -0.127. The number of nitrogens with zero attached hydrogens (tertiary/aromatic N) is 3. The fourth-order valence-corrected chi connectivity index (χ4v) is 4.42. The molecule has 7 nitrogen and oxygen atoms in total. The van der Waals surface area contributed by atoms with E-state index in [1.165, 1.54) is 6.21 Å². The zero-order valence-corrected chi connectivity index (χ0v) is 17.6. The normalized spacial score (nSPS) is 25.1. The minimum Gasteiger partial charge on any atom is -0.511 e. The van der Waals surface area contributed by atoms with Crippen molar-refractivity contribution in [1.29, 1.82) is 0 Å². The van der Waals surface area contributed by atoms with Crippen LogP contribution in [0.25, 0.3) is 0 Å². The van der Waals surface area contributed by atoms with Crippen molar-refractivity contribution in [2.75, 3.05) is 39.3 Å². The number of allylic oxidation sites excluding steroid dienone is 2. The van der Waals surface area contributed by atoms with E-state index < -0.39 is 0 Å². The Labute approximate surface area is 177 Å². The zero-order chi connectivity index (χ0) is 21.3. The molecule has 3 aliphatic rings. The van der Waals surface area contributed by atoms with E-state index >= 15 is 0 Å². The number of piperazine rings is 1. The van der Waals surface area contributed by atoms with E-state index in [2.05, 4.69) is 14.8 Å². The highest BCUT2D eigenvalue weighted by Gasteiger charge is 2.36. The minimum atomic E-state index is -0.287. The molecule has 1 aromatic carbocycles. The van der Waals surface area contributed by atoms with Crippen LogP contribution in [0, 0.1) is 5.41 Å². The molecule has 0 bridgehead atoms. The number of cyclic esters (lactones) is 1. The van der Waals surface area contributed by atoms with E-state index in [-0.39, 0.29) is 29.2 Å². The van der Waals surface area contributed by atoms with Crippen molar-refractivity contribution in [3.8, 4) is 0 Å². The van der Waals surface area contributed by atoms with Crippen molar-refractivity contribution < 1.29 is 19.4 Å². The third-order valence-corrected chi connectivity index (χ3v) is 6.07. The molecular weight excluding hydrogens is 382 g/mol. The topological polar surface area (TPSA) is 82.4 Å². The summed E-state index contributed by atoms with van der Waals surface area (Å²) in [7, 11) is 0. The molecule has 1 aromatic rings. The van der Waals surface area contributed by atoms with Gasteiger partial charge in [-0.1, -0.05) is 32.0 Å². The number of carbonyl (C=O) groups excluding carboxylic acids is 2. The summed E-state index contributed by atoms with van der Waals surface area (Å²) in [6.07, 6.45) is 2.20. The van der Waals surface area contributed by atoms with E-state index in [1.807, 2.05) is 38.1 Å². The number of hydrogen-bond donors (Lipinski definition) is 1. The number of ketones is 1. The molecule has 2 aliphatic heterocycles. The van der Waals surface area contributed by atoms with Crippen LogP contribution in [-0.2, 0) is 9.53 Å². The predicted molar refractivity (Wildman–Crippen MR) is 114 cm³/mol. The van der Waals surface area contributed by atoms with Crippen molar-refractivity contribution in [3.63, 3.8) is 0 Å². The molecule has 4 rings (SSSR count). The molecule has 0 spiro atoms. The number of rotatable bonds is 5. The summed E-state index contributed by atoms with van der Waals surface area (Å²) in [5.41, 5.74) is 1.79. The molecule has 1 saturated heterocycles. The van der Waals surface area contributed by atoms with Gasteiger partial charge in [0.2, 0.25) is 0 Å². The van der Waals surface area contributed by atoms with Crippen molar-refractivity contribution in [3.05, 3.63) is 46.7 Å². The van der Waals surface area contributed by atoms with Gasteiger partial charge in [-0.2, -0.15) is 0 Å². The van der Waals surface area contributed by atoms with Gasteiger partial charge in [-0.3, -0.25) is 19.6 Å². The molecular formula is C23H29N3O4. The van der Waals surface area contributed by atoms with Crippen LogP contribution >= 0.6 is 0 Å². The van der Waals surface area contributed by atoms with Gasteiger partial charge in [-0.05, 0) is 11.5 Å². The van der Waals surface area contributed by atoms with Crippen LogP contribution in [0.5, 0.6) is 0 Å². The lowest BCUT2D eigenvalue weighted by Gasteiger charge is -2.37. The SMILES string of the molecule is CC1(C)CC(=O)C(C=NCCN2CCN([C@@H]3OC(=O)c4ccccc43)CC2)=C(O)C1. The molecule has 2 heterocycles. The van der Waals surface area contributed by atoms with E-state index in [9.17, 15) is 14.7 Å². The molecule has 1 aliphatic carbocycles. The molecule has 160 valence electrons. The largest absolute Gasteiger partial charge is 0.511 e. The number of aliphatic imine (C=N–C) groups is 1. The first-order valence-electron chi connectivity index (χ1n) is 10.6. The number of ether oxygens (including phenoxy) is 1. The summed E-state index contributed by atoms with van der Waals surface area (Å²) in [5, 5.41) is 10.2. The number of carbonyl (C=O) groups is 2. The van der Waals surface area contributed by atoms with Gasteiger partial charge in [-0.15, -0.1) is 0 Å². The summed E-state index contributed by atoms with van der Waals surface area (Å²) >= 11 is 0. The van der Waals surface area contributed by atoms with Gasteiger partial charge < -0.3 is 9.84 Å². The lowest BCUT2D eigenvalue weighted by Crippen LogP contribution is -2.48. The first kappa shape index (κ1) is 20.8. The van der Waals surface area contributed by atoms with E-state index in [4.69, 9.17) is 4.74 Å². The molecule has 0 saturated carbocycles. The van der Waals surface area contributed by atoms with Crippen molar-refractivity contribution >= 4 is 18.0 Å². The molecule has 1 atom stereocenters. The number of fused-ring (bicyclic) bond motifs is 1. The monoisotopic (exact) mass is 411 g/mol. The fraction of sp³-hybridized carbons (Fsp3) is 0.522. The molecule has 1 N–H and O–H groups in total. The molecule has 0 radical (unpaired) electrons. The highest BCUT2D eigenvalue weighted by atomic mass is 16.6. The zero-order valence-electron chi connectivity index (χ0n) is 17.6. The Bertz CT molecular complexity index is 897. The third-order valence-electron chi connectivity index (χ3n) is 6.07. The Hall–Kier alpha value is -2.51. The Kier molecular flexibility index (Phi) is 5.75. The molecule has 7 heteroatoms. The Balaban J connectivity index is 1.26. The first-order valence-corrected chi connectivity index (χ1v) is 10.6. The van der Waals surface area contributed by atoms with Gasteiger partial charge in [0.1, 0.15) is 5.76 Å². The number of hydrogen-bond acceptors (Lipinski definition) is 7. The van der Waals surface area contributed by atoms with E-state index in [0.717, 1.165) is 38.3 Å². The molecule has 0 amide bonds. The van der Waals surface area contributed by atoms with E-state index in [1.54, 1.807) is 0 Å². The lowest BCUT2D eigenvalue weighted by molar-refractivity contribution is -0.117. The quantitative estimate of drug-likeness (QED) is 0.593. The van der Waals surface area contributed by atoms with Crippen LogP contribution in [0.1, 0.15) is 48.8 Å². The van der Waals surface area contributed by atoms with Gasteiger partial charge in [0.15, 0.2) is 12.0 Å². The number of benzene rings is 1. The van der Waals surface area contributed by atoms with Crippen LogP contribution in [0.2, 0.25) is 0 Å². The van der Waals surface area contributed by atoms with Gasteiger partial charge in [0.05, 0.1) is 17.7 Å². The number of esters is 1. The van der Waals surface area contributed by atoms with Gasteiger partial charge >= 0.3 is 5.97 Å². The number of aliphatic hydroxyl groups is 1. The lowest BCUT2D eigenvalue weighted by atomic mass is 9.77. The van der Waals surface area contributed by atoms with Crippen molar-refractivity contribution in [1.82, 2.24) is 9.80 Å². The maximum atomic E-state index is 12.2. The molecule has 0 aromatic heterocycles. The highest BCUT2D eigenvalue weighted by molar-refractivity contribution is 6.14. The summed E-state index contributed by atoms with van der Waals surface area (Å²) in [6, 6.07) is 7.58. The fourth-order valence-electron chi connectivity index (χ4n) is 4.42. The first-order chi connectivity index (χ1) is 14.3. The Morgan fingerprint density at radius 3 is 2.63 bits per heavy atom. The molecule has 1 fully saturated rings. The summed E-state index contributed by atoms with van der Waals surface area (Å²) < 4.78 is 5.59. The number of Topliss-reactive ketones (excluding diaryl/α,β-unsaturated/α-hetero) is 1. The minimum absolute atomic E-state index is 0.0347. The second-order valence-electron chi connectivity index (χ2n) is 9.06. The van der Waals surface area contributed by atoms with Crippen LogP contribution in [0.3, 0.4) is 0 Å². The highest BCUT2D eigenvalue weighted by Crippen LogP contribution is 2.35. The van der Waals surface area contributed by atoms with Gasteiger partial charge in [-0.25, -0.2) is 4.79 Å². The maximum absolute atomic E-state index is 12.2. The van der Waals surface area contributed by atoms with E-state index in [0.29, 0.717) is 30.5 Å². The third kappa shape index (κ3) is 4.32. The van der Waals surface area contributed by atoms with Crippen molar-refractivity contribution in [2.24, 2.45) is 10.4 Å². The molecule has 30 heavy (non-hydrogen) atoms. The Morgan fingerprint density at radius 2 is 1.90 bits per heavy atom. The van der Waals surface area contributed by atoms with Crippen LogP contribution in [0.15, 0.2) is 40.6 Å². The Morgan fingerprint density at radius 1 is 1.17 bits per heavy atom. The van der Waals surface area contributed by atoms with Crippen LogP contribution in [-0.4, -0.2) is 72.1 Å². The smallest absolute Gasteiger partial charge is 0.340 e. The second-order valence-corrected chi connectivity index (χ2v) is 9.06. The van der Waals surface area contributed by atoms with Crippen LogP contribution < -0.4 is 0 Å².